The molecule has 164 valence electrons. The van der Waals surface area contributed by atoms with E-state index in [4.69, 9.17) is 0 Å². The lowest BCUT2D eigenvalue weighted by atomic mass is 10.1. The van der Waals surface area contributed by atoms with Gasteiger partial charge in [-0.1, -0.05) is 6.92 Å². The molecule has 8 nitrogen and oxygen atoms in total. The van der Waals surface area contributed by atoms with Crippen LogP contribution < -0.4 is 16.0 Å². The van der Waals surface area contributed by atoms with Gasteiger partial charge < -0.3 is 20.9 Å². The van der Waals surface area contributed by atoms with Crippen molar-refractivity contribution in [1.29, 1.82) is 0 Å². The Morgan fingerprint density at radius 2 is 1.69 bits per heavy atom. The van der Waals surface area contributed by atoms with Gasteiger partial charge in [0.1, 0.15) is 17.3 Å². The molecule has 0 saturated heterocycles. The number of carbonyl (C=O) groups excluding carboxylic acids is 2. The predicted molar refractivity (Wildman–Crippen MR) is 119 cm³/mol. The molecule has 1 aromatic heterocycles. The summed E-state index contributed by atoms with van der Waals surface area (Å²) < 4.78 is 0. The number of aromatic nitrogens is 2. The van der Waals surface area contributed by atoms with Crippen LogP contribution in [-0.4, -0.2) is 67.0 Å². The smallest absolute Gasteiger partial charge is 0.200 e. The van der Waals surface area contributed by atoms with Crippen LogP contribution in [0.15, 0.2) is 4.99 Å². The predicted octanol–water partition coefficient (Wildman–Crippen LogP) is 2.11. The van der Waals surface area contributed by atoms with Crippen molar-refractivity contribution in [3.8, 4) is 0 Å². The summed E-state index contributed by atoms with van der Waals surface area (Å²) in [6.07, 6.45) is 7.11. The third-order valence-electron chi connectivity index (χ3n) is 5.05. The molecule has 2 atom stereocenters. The normalized spacial score (nSPS) is 13.6. The fourth-order valence-electron chi connectivity index (χ4n) is 3.20. The first-order chi connectivity index (χ1) is 13.9. The summed E-state index contributed by atoms with van der Waals surface area (Å²) in [6, 6.07) is -0.134. The first-order valence-electron chi connectivity index (χ1n) is 10.6. The van der Waals surface area contributed by atoms with E-state index < -0.39 is 0 Å². The van der Waals surface area contributed by atoms with E-state index in [1.54, 1.807) is 13.8 Å². The maximum absolute atomic E-state index is 11.4. The van der Waals surface area contributed by atoms with Crippen LogP contribution >= 0.6 is 0 Å². The topological polar surface area (TPSA) is 111 Å². The molecular formula is C21H38N6O2. The number of hydrogen-bond acceptors (Lipinski definition) is 7. The second kappa shape index (κ2) is 14.0. The Hall–Kier alpha value is -2.06. The number of anilines is 1. The van der Waals surface area contributed by atoms with Crippen molar-refractivity contribution >= 4 is 23.7 Å². The molecule has 4 N–H and O–H groups in total. The lowest BCUT2D eigenvalue weighted by molar-refractivity contribution is -0.119. The number of aryl methyl sites for hydroxylation is 1. The van der Waals surface area contributed by atoms with E-state index >= 15 is 0 Å². The van der Waals surface area contributed by atoms with E-state index in [1.807, 2.05) is 20.3 Å². The second-order valence-electron chi connectivity index (χ2n) is 7.31. The number of rotatable bonds is 16. The van der Waals surface area contributed by atoms with Gasteiger partial charge in [-0.05, 0) is 66.5 Å². The zero-order chi connectivity index (χ0) is 21.6. The van der Waals surface area contributed by atoms with Crippen molar-refractivity contribution in [3.63, 3.8) is 0 Å². The van der Waals surface area contributed by atoms with Crippen LogP contribution in [0.25, 0.3) is 0 Å². The highest BCUT2D eigenvalue weighted by atomic mass is 16.1. The largest absolute Gasteiger partial charge is 0.356 e. The van der Waals surface area contributed by atoms with Gasteiger partial charge in [0.2, 0.25) is 5.95 Å². The maximum Gasteiger partial charge on any atom is 0.200 e. The molecule has 1 aromatic rings. The molecule has 1 heterocycles. The number of H-pyrrole nitrogens is 1. The molecule has 0 aliphatic carbocycles. The Balaban J connectivity index is 2.41. The maximum atomic E-state index is 11.4. The molecule has 29 heavy (non-hydrogen) atoms. The Morgan fingerprint density at radius 3 is 2.24 bits per heavy atom. The fourth-order valence-corrected chi connectivity index (χ4v) is 3.20. The van der Waals surface area contributed by atoms with Crippen molar-refractivity contribution < 1.29 is 9.59 Å². The fraction of sp³-hybridized carbons (Fsp3) is 0.714. The summed E-state index contributed by atoms with van der Waals surface area (Å²) in [4.78, 5) is 35.2. The first kappa shape index (κ1) is 25.0. The van der Waals surface area contributed by atoms with Crippen molar-refractivity contribution in [2.75, 3.05) is 32.5 Å². The van der Waals surface area contributed by atoms with Gasteiger partial charge in [0, 0.05) is 25.0 Å². The Kier molecular flexibility index (Phi) is 12.1. The summed E-state index contributed by atoms with van der Waals surface area (Å²) in [5, 5.41) is 9.37. The molecule has 1 rings (SSSR count). The SMILES string of the molecule is CCc1[nH]c(NCCCC(NC)C(C)=O)nc1C=NCCCCC(NC)C(C)=O. The third kappa shape index (κ3) is 9.32. The molecular weight excluding hydrogens is 368 g/mol. The van der Waals surface area contributed by atoms with Crippen molar-refractivity contribution in [1.82, 2.24) is 20.6 Å². The minimum absolute atomic E-state index is 0.0514. The van der Waals surface area contributed by atoms with Crippen LogP contribution in [0.4, 0.5) is 5.95 Å². The average molecular weight is 407 g/mol. The third-order valence-corrected chi connectivity index (χ3v) is 5.05. The van der Waals surface area contributed by atoms with Gasteiger partial charge in [-0.15, -0.1) is 0 Å². The van der Waals surface area contributed by atoms with Crippen LogP contribution in [-0.2, 0) is 16.0 Å². The van der Waals surface area contributed by atoms with Crippen LogP contribution in [0.1, 0.15) is 64.3 Å². The highest BCUT2D eigenvalue weighted by molar-refractivity contribution is 5.81. The van der Waals surface area contributed by atoms with E-state index in [1.165, 1.54) is 0 Å². The Labute approximate surface area is 174 Å². The van der Waals surface area contributed by atoms with Crippen LogP contribution in [0.3, 0.4) is 0 Å². The molecule has 8 heteroatoms. The molecule has 0 spiro atoms. The Morgan fingerprint density at radius 1 is 1.07 bits per heavy atom. The number of imidazole rings is 1. The van der Waals surface area contributed by atoms with E-state index in [9.17, 15) is 9.59 Å². The number of unbranched alkanes of at least 4 members (excludes halogenated alkanes) is 1. The van der Waals surface area contributed by atoms with E-state index in [2.05, 4.69) is 37.8 Å². The quantitative estimate of drug-likeness (QED) is 0.247. The van der Waals surface area contributed by atoms with E-state index in [0.29, 0.717) is 0 Å². The van der Waals surface area contributed by atoms with Crippen molar-refractivity contribution in [2.45, 2.75) is 71.4 Å². The number of likely N-dealkylation sites (N-methyl/N-ethyl adjacent to an activating group) is 2. The van der Waals surface area contributed by atoms with Gasteiger partial charge in [-0.25, -0.2) is 4.98 Å². The summed E-state index contributed by atoms with van der Waals surface area (Å²) >= 11 is 0. The van der Waals surface area contributed by atoms with Crippen molar-refractivity contribution in [2.24, 2.45) is 4.99 Å². The minimum Gasteiger partial charge on any atom is -0.356 e. The van der Waals surface area contributed by atoms with Crippen LogP contribution in [0, 0.1) is 0 Å². The van der Waals surface area contributed by atoms with E-state index in [-0.39, 0.29) is 23.7 Å². The number of carbonyl (C=O) groups is 2. The number of hydrogen-bond donors (Lipinski definition) is 4. The number of nitrogens with one attached hydrogen (secondary N) is 4. The average Bonchev–Trinajstić information content (AvgIpc) is 3.08. The molecule has 0 aliphatic rings. The van der Waals surface area contributed by atoms with Gasteiger partial charge in [-0.2, -0.15) is 0 Å². The minimum atomic E-state index is -0.0823. The van der Waals surface area contributed by atoms with Crippen molar-refractivity contribution in [3.05, 3.63) is 11.4 Å². The molecule has 0 amide bonds. The zero-order valence-electron chi connectivity index (χ0n) is 18.6. The van der Waals surface area contributed by atoms with Gasteiger partial charge in [0.25, 0.3) is 0 Å². The van der Waals surface area contributed by atoms with Gasteiger partial charge in [0.15, 0.2) is 0 Å². The molecule has 0 radical (unpaired) electrons. The van der Waals surface area contributed by atoms with E-state index in [0.717, 1.165) is 69.0 Å². The van der Waals surface area contributed by atoms with Gasteiger partial charge >= 0.3 is 0 Å². The lowest BCUT2D eigenvalue weighted by Gasteiger charge is -2.12. The zero-order valence-corrected chi connectivity index (χ0v) is 18.6. The highest BCUT2D eigenvalue weighted by Gasteiger charge is 2.12. The molecule has 0 aliphatic heterocycles. The van der Waals surface area contributed by atoms with Gasteiger partial charge in [-0.3, -0.25) is 14.6 Å². The lowest BCUT2D eigenvalue weighted by Crippen LogP contribution is -2.32. The molecule has 0 bridgehead atoms. The number of aromatic amines is 1. The summed E-state index contributed by atoms with van der Waals surface area (Å²) in [7, 11) is 3.63. The second-order valence-corrected chi connectivity index (χ2v) is 7.31. The standard InChI is InChI=1S/C21H38N6O2/c1-6-17-20(14-24-12-8-7-10-18(22-4)15(2)28)27-21(26-17)25-13-9-11-19(23-5)16(3)29/h14,18-19,22-23H,6-13H2,1-5H3,(H2,25,26,27). The number of ketones is 2. The van der Waals surface area contributed by atoms with Crippen LogP contribution in [0.5, 0.6) is 0 Å². The summed E-state index contributed by atoms with van der Waals surface area (Å²) in [5.41, 5.74) is 1.92. The van der Waals surface area contributed by atoms with Gasteiger partial charge in [0.05, 0.1) is 12.1 Å². The highest BCUT2D eigenvalue weighted by Crippen LogP contribution is 2.10. The molecule has 2 unspecified atom stereocenters. The molecule has 0 fully saturated rings. The first-order valence-corrected chi connectivity index (χ1v) is 10.6. The monoisotopic (exact) mass is 406 g/mol. The summed E-state index contributed by atoms with van der Waals surface area (Å²) in [6.45, 7) is 6.80. The Bertz CT molecular complexity index is 656. The molecule has 0 saturated carbocycles. The summed E-state index contributed by atoms with van der Waals surface area (Å²) in [5.74, 6) is 1.09. The molecule has 0 aromatic carbocycles. The van der Waals surface area contributed by atoms with Crippen LogP contribution in [0.2, 0.25) is 0 Å². The number of Topliss-reactive ketones (excluding diaryl/α,β-unsaturated/α-hetero) is 2. The number of aliphatic imine (C=N–C) groups is 1. The number of nitrogens with zero attached hydrogens (tertiary/aromatic N) is 2.